The summed E-state index contributed by atoms with van der Waals surface area (Å²) in [6.45, 7) is 2.10. The number of rotatable bonds is 8. The van der Waals surface area contributed by atoms with Crippen LogP contribution in [0.5, 0.6) is 11.5 Å². The molecule has 156 valence electrons. The minimum Gasteiger partial charge on any atom is -0.493 e. The average molecular weight is 468 g/mol. The molecule has 5 heteroatoms. The molecule has 0 aliphatic carbocycles. The molecule has 0 saturated carbocycles. The molecular weight excluding hydrogens is 442 g/mol. The fourth-order valence-electron chi connectivity index (χ4n) is 3.53. The Balaban J connectivity index is 2.02. The van der Waals surface area contributed by atoms with Crippen molar-refractivity contribution in [1.29, 1.82) is 0 Å². The Morgan fingerprint density at radius 2 is 1.67 bits per heavy atom. The van der Waals surface area contributed by atoms with Crippen molar-refractivity contribution in [2.24, 2.45) is 0 Å². The highest BCUT2D eigenvalue weighted by Crippen LogP contribution is 2.35. The van der Waals surface area contributed by atoms with Gasteiger partial charge in [-0.2, -0.15) is 0 Å². The molecule has 0 spiro atoms. The van der Waals surface area contributed by atoms with Crippen molar-refractivity contribution < 1.29 is 14.3 Å². The smallest absolute Gasteiger partial charge is 0.251 e. The minimum absolute atomic E-state index is 0.117. The van der Waals surface area contributed by atoms with Gasteiger partial charge in [-0.1, -0.05) is 59.3 Å². The fourth-order valence-corrected chi connectivity index (χ4v) is 3.93. The highest BCUT2D eigenvalue weighted by Gasteiger charge is 2.21. The van der Waals surface area contributed by atoms with Crippen LogP contribution in [0.15, 0.2) is 71.2 Å². The van der Waals surface area contributed by atoms with Gasteiger partial charge in [-0.05, 0) is 59.9 Å². The molecule has 3 aromatic rings. The first kappa shape index (κ1) is 21.9. The Labute approximate surface area is 186 Å². The fraction of sp³-hybridized carbons (Fsp3) is 0.240. The maximum atomic E-state index is 13.1. The van der Waals surface area contributed by atoms with Crippen LogP contribution in [0, 0.1) is 0 Å². The van der Waals surface area contributed by atoms with Gasteiger partial charge in [0.25, 0.3) is 5.91 Å². The van der Waals surface area contributed by atoms with E-state index in [1.54, 1.807) is 14.2 Å². The minimum atomic E-state index is -0.214. The van der Waals surface area contributed by atoms with Crippen molar-refractivity contribution in [3.63, 3.8) is 0 Å². The lowest BCUT2D eigenvalue weighted by molar-refractivity contribution is 0.0936. The second kappa shape index (κ2) is 10.3. The maximum Gasteiger partial charge on any atom is 0.251 e. The van der Waals surface area contributed by atoms with Crippen molar-refractivity contribution in [3.05, 3.63) is 93.5 Å². The molecule has 0 unspecified atom stereocenters. The molecule has 0 saturated heterocycles. The molecule has 0 fully saturated rings. The summed E-state index contributed by atoms with van der Waals surface area (Å²) in [5, 5.41) is 3.23. The zero-order valence-electron chi connectivity index (χ0n) is 17.4. The van der Waals surface area contributed by atoms with Crippen LogP contribution in [0.4, 0.5) is 0 Å². The first-order valence-electron chi connectivity index (χ1n) is 9.90. The standard InChI is InChI=1S/C25H26BrNO3/c1-4-18-15-23(29-2)24(30-3)16-21(18)22(13-17-9-6-5-7-10-17)27-25(28)19-11-8-12-20(26)14-19/h5-12,14-16,22H,4,13H2,1-3H3,(H,27,28)/t22-/m0/s1. The normalized spacial score (nSPS) is 11.6. The molecule has 0 aromatic heterocycles. The van der Waals surface area contributed by atoms with E-state index in [0.29, 0.717) is 23.5 Å². The van der Waals surface area contributed by atoms with Gasteiger partial charge >= 0.3 is 0 Å². The van der Waals surface area contributed by atoms with Crippen LogP contribution in [0.2, 0.25) is 0 Å². The van der Waals surface area contributed by atoms with Crippen molar-refractivity contribution in [3.8, 4) is 11.5 Å². The average Bonchev–Trinajstić information content (AvgIpc) is 2.78. The van der Waals surface area contributed by atoms with Crippen molar-refractivity contribution in [2.45, 2.75) is 25.8 Å². The largest absolute Gasteiger partial charge is 0.493 e. The third kappa shape index (κ3) is 5.22. The second-order valence-corrected chi connectivity index (χ2v) is 7.90. The summed E-state index contributed by atoms with van der Waals surface area (Å²) in [6.07, 6.45) is 1.48. The molecule has 1 atom stereocenters. The second-order valence-electron chi connectivity index (χ2n) is 6.99. The number of ether oxygens (including phenoxy) is 2. The Bertz CT molecular complexity index is 1000. The number of benzene rings is 3. The molecular formula is C25H26BrNO3. The monoisotopic (exact) mass is 467 g/mol. The van der Waals surface area contributed by atoms with Crippen LogP contribution < -0.4 is 14.8 Å². The summed E-state index contributed by atoms with van der Waals surface area (Å²) in [5.74, 6) is 1.23. The zero-order valence-corrected chi connectivity index (χ0v) is 19.0. The molecule has 0 aliphatic heterocycles. The summed E-state index contributed by atoms with van der Waals surface area (Å²) < 4.78 is 11.9. The van der Waals surface area contributed by atoms with Gasteiger partial charge in [0.2, 0.25) is 0 Å². The van der Waals surface area contributed by atoms with Crippen molar-refractivity contribution in [2.75, 3.05) is 14.2 Å². The Morgan fingerprint density at radius 3 is 2.30 bits per heavy atom. The van der Waals surface area contributed by atoms with Gasteiger partial charge in [0.1, 0.15) is 0 Å². The van der Waals surface area contributed by atoms with Crippen molar-refractivity contribution >= 4 is 21.8 Å². The van der Waals surface area contributed by atoms with Crippen LogP contribution in [0.3, 0.4) is 0 Å². The number of methoxy groups -OCH3 is 2. The van der Waals surface area contributed by atoms with E-state index < -0.39 is 0 Å². The first-order valence-corrected chi connectivity index (χ1v) is 10.7. The van der Waals surface area contributed by atoms with E-state index in [1.807, 2.05) is 54.6 Å². The Morgan fingerprint density at radius 1 is 0.967 bits per heavy atom. The van der Waals surface area contributed by atoms with E-state index in [2.05, 4.69) is 40.3 Å². The van der Waals surface area contributed by atoms with Gasteiger partial charge in [-0.15, -0.1) is 0 Å². The van der Waals surface area contributed by atoms with Gasteiger partial charge in [0, 0.05) is 10.0 Å². The molecule has 0 aliphatic rings. The van der Waals surface area contributed by atoms with E-state index >= 15 is 0 Å². The molecule has 0 bridgehead atoms. The number of aryl methyl sites for hydroxylation is 1. The number of amides is 1. The SMILES string of the molecule is CCc1cc(OC)c(OC)cc1[C@H](Cc1ccccc1)NC(=O)c1cccc(Br)c1. The highest BCUT2D eigenvalue weighted by atomic mass is 79.9. The Hall–Kier alpha value is -2.79. The maximum absolute atomic E-state index is 13.1. The zero-order chi connectivity index (χ0) is 21.5. The molecule has 4 nitrogen and oxygen atoms in total. The van der Waals surface area contributed by atoms with Crippen LogP contribution in [-0.4, -0.2) is 20.1 Å². The summed E-state index contributed by atoms with van der Waals surface area (Å²) >= 11 is 3.44. The summed E-state index contributed by atoms with van der Waals surface area (Å²) in [4.78, 5) is 13.1. The highest BCUT2D eigenvalue weighted by molar-refractivity contribution is 9.10. The van der Waals surface area contributed by atoms with E-state index in [4.69, 9.17) is 9.47 Å². The lowest BCUT2D eigenvalue weighted by atomic mass is 9.92. The molecule has 0 radical (unpaired) electrons. The summed E-state index contributed by atoms with van der Waals surface area (Å²) in [5.41, 5.74) is 3.90. The molecule has 1 N–H and O–H groups in total. The number of hydrogen-bond donors (Lipinski definition) is 1. The third-order valence-electron chi connectivity index (χ3n) is 5.08. The van der Waals surface area contributed by atoms with Crippen LogP contribution >= 0.6 is 15.9 Å². The first-order chi connectivity index (χ1) is 14.5. The quantitative estimate of drug-likeness (QED) is 0.459. The van der Waals surface area contributed by atoms with Crippen molar-refractivity contribution in [1.82, 2.24) is 5.32 Å². The third-order valence-corrected chi connectivity index (χ3v) is 5.57. The lowest BCUT2D eigenvalue weighted by Crippen LogP contribution is -2.30. The molecule has 3 rings (SSSR count). The van der Waals surface area contributed by atoms with E-state index in [0.717, 1.165) is 27.6 Å². The number of carbonyl (C=O) groups is 1. The predicted molar refractivity (Wildman–Crippen MR) is 123 cm³/mol. The number of nitrogens with one attached hydrogen (secondary N) is 1. The number of halogens is 1. The molecule has 3 aromatic carbocycles. The van der Waals surface area contributed by atoms with E-state index in [1.165, 1.54) is 0 Å². The predicted octanol–water partition coefficient (Wildman–Crippen LogP) is 5.74. The summed E-state index contributed by atoms with van der Waals surface area (Å²) in [7, 11) is 3.26. The lowest BCUT2D eigenvalue weighted by Gasteiger charge is -2.24. The summed E-state index contributed by atoms with van der Waals surface area (Å²) in [6, 6.07) is 21.3. The van der Waals surface area contributed by atoms with Gasteiger partial charge in [-0.3, -0.25) is 4.79 Å². The van der Waals surface area contributed by atoms with Gasteiger partial charge in [0.05, 0.1) is 20.3 Å². The van der Waals surface area contributed by atoms with Crippen LogP contribution in [0.25, 0.3) is 0 Å². The van der Waals surface area contributed by atoms with Crippen LogP contribution in [0.1, 0.15) is 40.0 Å². The number of hydrogen-bond acceptors (Lipinski definition) is 3. The van der Waals surface area contributed by atoms with E-state index in [-0.39, 0.29) is 11.9 Å². The number of carbonyl (C=O) groups excluding carboxylic acids is 1. The molecule has 0 heterocycles. The molecule has 30 heavy (non-hydrogen) atoms. The van der Waals surface area contributed by atoms with Gasteiger partial charge in [0.15, 0.2) is 11.5 Å². The molecule has 1 amide bonds. The Kier molecular flexibility index (Phi) is 7.52. The van der Waals surface area contributed by atoms with Crippen LogP contribution in [-0.2, 0) is 12.8 Å². The van der Waals surface area contributed by atoms with Gasteiger partial charge in [-0.25, -0.2) is 0 Å². The van der Waals surface area contributed by atoms with Gasteiger partial charge < -0.3 is 14.8 Å². The van der Waals surface area contributed by atoms with E-state index in [9.17, 15) is 4.79 Å². The topological polar surface area (TPSA) is 47.6 Å².